The molecule has 0 saturated carbocycles. The zero-order valence-electron chi connectivity index (χ0n) is 14.5. The van der Waals surface area contributed by atoms with Crippen molar-refractivity contribution >= 4 is 23.1 Å². The van der Waals surface area contributed by atoms with Gasteiger partial charge in [-0.25, -0.2) is 4.79 Å². The van der Waals surface area contributed by atoms with Crippen molar-refractivity contribution in [2.75, 3.05) is 18.1 Å². The molecule has 5 heteroatoms. The summed E-state index contributed by atoms with van der Waals surface area (Å²) in [6.45, 7) is 2.44. The number of anilines is 2. The Morgan fingerprint density at radius 2 is 1.68 bits per heavy atom. The summed E-state index contributed by atoms with van der Waals surface area (Å²) in [6, 6.07) is 11.7. The van der Waals surface area contributed by atoms with Crippen LogP contribution in [-0.2, 0) is 4.74 Å². The molecule has 25 heavy (non-hydrogen) atoms. The second-order valence-corrected chi connectivity index (χ2v) is 5.88. The number of nitrogens with two attached hydrogens (primary N) is 2. The van der Waals surface area contributed by atoms with Crippen LogP contribution in [0.25, 0.3) is 0 Å². The molecule has 0 saturated heterocycles. The number of ether oxygens (including phenoxy) is 1. The van der Waals surface area contributed by atoms with Crippen LogP contribution in [0.2, 0.25) is 0 Å². The molecule has 2 aromatic carbocycles. The molecule has 0 amide bonds. The Kier molecular flexibility index (Phi) is 6.57. The zero-order chi connectivity index (χ0) is 18.2. The lowest BCUT2D eigenvalue weighted by Crippen LogP contribution is -2.16. The van der Waals surface area contributed by atoms with Crippen LogP contribution in [0, 0.1) is 0 Å². The Morgan fingerprint density at radius 1 is 0.960 bits per heavy atom. The van der Waals surface area contributed by atoms with Gasteiger partial charge in [-0.2, -0.15) is 0 Å². The fraction of sp³-hybridized carbons (Fsp3) is 0.300. The quantitative estimate of drug-likeness (QED) is 0.330. The first kappa shape index (κ1) is 18.5. The molecule has 0 spiro atoms. The molecule has 0 heterocycles. The van der Waals surface area contributed by atoms with E-state index in [4.69, 9.17) is 16.2 Å². The monoisotopic (exact) mass is 340 g/mol. The summed E-state index contributed by atoms with van der Waals surface area (Å²) >= 11 is 0. The molecule has 0 aromatic heterocycles. The minimum Gasteiger partial charge on any atom is -0.462 e. The van der Waals surface area contributed by atoms with Crippen LogP contribution in [0.4, 0.5) is 11.4 Å². The summed E-state index contributed by atoms with van der Waals surface area (Å²) in [5, 5.41) is 0. The van der Waals surface area contributed by atoms with Crippen LogP contribution >= 0.6 is 0 Å². The maximum Gasteiger partial charge on any atom is 0.338 e. The van der Waals surface area contributed by atoms with Crippen molar-refractivity contribution in [3.63, 3.8) is 0 Å². The van der Waals surface area contributed by atoms with Crippen molar-refractivity contribution in [2.45, 2.75) is 32.6 Å². The van der Waals surface area contributed by atoms with Crippen LogP contribution in [0.5, 0.6) is 0 Å². The fourth-order valence-electron chi connectivity index (χ4n) is 2.56. The van der Waals surface area contributed by atoms with Gasteiger partial charge in [-0.1, -0.05) is 56.5 Å². The standard InChI is InChI=1S/C20H24N2O3/c1-2-3-4-8-13-25-20(24)15-11-12-16(21)18(22)17(15)19(23)14-9-6-5-7-10-14/h5-7,9-12H,2-4,8,13,21-22H2,1H3. The third-order valence-electron chi connectivity index (χ3n) is 3.99. The highest BCUT2D eigenvalue weighted by Gasteiger charge is 2.23. The molecule has 132 valence electrons. The second-order valence-electron chi connectivity index (χ2n) is 5.88. The van der Waals surface area contributed by atoms with Crippen LogP contribution in [0.3, 0.4) is 0 Å². The van der Waals surface area contributed by atoms with Gasteiger partial charge >= 0.3 is 5.97 Å². The normalized spacial score (nSPS) is 10.4. The highest BCUT2D eigenvalue weighted by atomic mass is 16.5. The first-order valence-electron chi connectivity index (χ1n) is 8.51. The molecule has 0 unspecified atom stereocenters. The Labute approximate surface area is 148 Å². The first-order valence-corrected chi connectivity index (χ1v) is 8.51. The van der Waals surface area contributed by atoms with E-state index < -0.39 is 5.97 Å². The topological polar surface area (TPSA) is 95.4 Å². The van der Waals surface area contributed by atoms with Crippen molar-refractivity contribution in [2.24, 2.45) is 0 Å². The number of esters is 1. The number of nitrogen functional groups attached to an aromatic ring is 2. The number of carbonyl (C=O) groups is 2. The lowest BCUT2D eigenvalue weighted by molar-refractivity contribution is 0.0495. The summed E-state index contributed by atoms with van der Waals surface area (Å²) in [4.78, 5) is 25.2. The maximum atomic E-state index is 12.8. The van der Waals surface area contributed by atoms with E-state index in [9.17, 15) is 9.59 Å². The van der Waals surface area contributed by atoms with Gasteiger partial charge in [0.05, 0.1) is 29.1 Å². The average molecular weight is 340 g/mol. The molecular weight excluding hydrogens is 316 g/mol. The molecule has 0 fully saturated rings. The number of carbonyl (C=O) groups excluding carboxylic acids is 2. The van der Waals surface area contributed by atoms with E-state index in [-0.39, 0.29) is 28.3 Å². The number of rotatable bonds is 8. The summed E-state index contributed by atoms with van der Waals surface area (Å²) < 4.78 is 5.31. The smallest absolute Gasteiger partial charge is 0.338 e. The van der Waals surface area contributed by atoms with E-state index in [1.54, 1.807) is 24.3 Å². The van der Waals surface area contributed by atoms with Gasteiger partial charge in [-0.05, 0) is 18.6 Å². The Bertz CT molecular complexity index is 742. The number of benzene rings is 2. The van der Waals surface area contributed by atoms with Gasteiger partial charge in [0.15, 0.2) is 5.78 Å². The van der Waals surface area contributed by atoms with E-state index in [1.807, 2.05) is 6.07 Å². The molecule has 0 aliphatic heterocycles. The molecule has 2 rings (SSSR count). The van der Waals surface area contributed by atoms with Crippen molar-refractivity contribution in [3.05, 3.63) is 59.2 Å². The molecule has 0 radical (unpaired) electrons. The molecule has 0 atom stereocenters. The van der Waals surface area contributed by atoms with Crippen LogP contribution in [0.1, 0.15) is 58.9 Å². The average Bonchev–Trinajstić information content (AvgIpc) is 2.63. The molecule has 0 aliphatic carbocycles. The summed E-state index contributed by atoms with van der Waals surface area (Å²) in [7, 11) is 0. The number of hydrogen-bond donors (Lipinski definition) is 2. The van der Waals surface area contributed by atoms with Gasteiger partial charge in [0.1, 0.15) is 0 Å². The summed E-state index contributed by atoms with van der Waals surface area (Å²) in [5.74, 6) is -0.897. The third kappa shape index (κ3) is 4.59. The van der Waals surface area contributed by atoms with Crippen molar-refractivity contribution in [1.82, 2.24) is 0 Å². The minimum absolute atomic E-state index is 0.102. The van der Waals surface area contributed by atoms with Crippen LogP contribution in [0.15, 0.2) is 42.5 Å². The Hall–Kier alpha value is -2.82. The molecular formula is C20H24N2O3. The minimum atomic E-state index is -0.553. The SMILES string of the molecule is CCCCCCOC(=O)c1ccc(N)c(N)c1C(=O)c1ccccc1. The Balaban J connectivity index is 2.25. The number of hydrogen-bond acceptors (Lipinski definition) is 5. The lowest BCUT2D eigenvalue weighted by Gasteiger charge is -2.13. The number of ketones is 1. The van der Waals surface area contributed by atoms with E-state index in [2.05, 4.69) is 6.92 Å². The molecule has 0 aliphatic rings. The van der Waals surface area contributed by atoms with Gasteiger partial charge < -0.3 is 16.2 Å². The molecule has 5 nitrogen and oxygen atoms in total. The molecule has 4 N–H and O–H groups in total. The maximum absolute atomic E-state index is 12.8. The highest BCUT2D eigenvalue weighted by Crippen LogP contribution is 2.27. The van der Waals surface area contributed by atoms with Gasteiger partial charge in [0.25, 0.3) is 0 Å². The zero-order valence-corrected chi connectivity index (χ0v) is 14.5. The van der Waals surface area contributed by atoms with E-state index in [1.165, 1.54) is 12.1 Å². The van der Waals surface area contributed by atoms with E-state index in [0.717, 1.165) is 25.7 Å². The van der Waals surface area contributed by atoms with E-state index in [0.29, 0.717) is 12.2 Å². The highest BCUT2D eigenvalue weighted by molar-refractivity contribution is 6.18. The van der Waals surface area contributed by atoms with Crippen molar-refractivity contribution < 1.29 is 14.3 Å². The van der Waals surface area contributed by atoms with E-state index >= 15 is 0 Å². The van der Waals surface area contributed by atoms with Crippen LogP contribution < -0.4 is 11.5 Å². The first-order chi connectivity index (χ1) is 12.1. The largest absolute Gasteiger partial charge is 0.462 e. The van der Waals surface area contributed by atoms with Crippen LogP contribution in [-0.4, -0.2) is 18.4 Å². The van der Waals surface area contributed by atoms with Gasteiger partial charge in [0.2, 0.25) is 0 Å². The fourth-order valence-corrected chi connectivity index (χ4v) is 2.56. The predicted molar refractivity (Wildman–Crippen MR) is 99.6 cm³/mol. The molecule has 0 bridgehead atoms. The Morgan fingerprint density at radius 3 is 2.36 bits per heavy atom. The predicted octanol–water partition coefficient (Wildman–Crippen LogP) is 3.82. The van der Waals surface area contributed by atoms with Gasteiger partial charge in [0, 0.05) is 5.56 Å². The lowest BCUT2D eigenvalue weighted by atomic mass is 9.95. The summed E-state index contributed by atoms with van der Waals surface area (Å²) in [6.07, 6.45) is 4.01. The molecule has 2 aromatic rings. The van der Waals surface area contributed by atoms with Crippen molar-refractivity contribution in [3.8, 4) is 0 Å². The third-order valence-corrected chi connectivity index (χ3v) is 3.99. The summed E-state index contributed by atoms with van der Waals surface area (Å²) in [5.41, 5.74) is 12.9. The van der Waals surface area contributed by atoms with Crippen molar-refractivity contribution in [1.29, 1.82) is 0 Å². The number of unbranched alkanes of at least 4 members (excludes halogenated alkanes) is 3. The second kappa shape index (κ2) is 8.87. The van der Waals surface area contributed by atoms with Gasteiger partial charge in [-0.3, -0.25) is 4.79 Å². The van der Waals surface area contributed by atoms with Gasteiger partial charge in [-0.15, -0.1) is 0 Å².